The van der Waals surface area contributed by atoms with E-state index >= 15 is 0 Å². The average Bonchev–Trinajstić information content (AvgIpc) is 3.45. The summed E-state index contributed by atoms with van der Waals surface area (Å²) in [6.07, 6.45) is 0. The van der Waals surface area contributed by atoms with Crippen molar-refractivity contribution in [2.24, 2.45) is 0 Å². The van der Waals surface area contributed by atoms with Crippen molar-refractivity contribution in [3.8, 4) is 0 Å². The Morgan fingerprint density at radius 3 is 0.211 bits per heavy atom. The van der Waals surface area contributed by atoms with Crippen LogP contribution in [-0.4, -0.2) is 201 Å². The monoisotopic (exact) mass is 2990 g/mol. The molecule has 0 aromatic carbocycles. The Labute approximate surface area is 977 Å². The molecule has 12 N–H and O–H groups in total. The van der Waals surface area contributed by atoms with E-state index in [-0.39, 0.29) is 256 Å². The number of nitrogens with one attached hydrogen (secondary N) is 12. The molecule has 12 atom stereocenters. The van der Waals surface area contributed by atoms with Crippen molar-refractivity contribution in [3.63, 3.8) is 0 Å². The van der Waals surface area contributed by atoms with Crippen LogP contribution in [0, 0.1) is 0 Å². The molecule has 2 radical (unpaired) electrons. The topological polar surface area (TPSA) is 767 Å². The molecule has 0 fully saturated rings. The summed E-state index contributed by atoms with van der Waals surface area (Å²) in [5, 5.41) is 120. The Balaban J connectivity index is -0.0000000344. The number of halogens is 1. The summed E-state index contributed by atoms with van der Waals surface area (Å²) in [5.41, 5.74) is 82.9. The maximum atomic E-state index is 9.98. The van der Waals surface area contributed by atoms with Crippen molar-refractivity contribution in [3.05, 3.63) is 68.8 Å². The van der Waals surface area contributed by atoms with E-state index in [1.165, 1.54) is 166 Å². The molecular weight excluding hydrogens is 2910 g/mol. The summed E-state index contributed by atoms with van der Waals surface area (Å²) in [7, 11) is 4.45. The first-order chi connectivity index (χ1) is 47.2. The Hall–Kier alpha value is 6.53. The van der Waals surface area contributed by atoms with Crippen molar-refractivity contribution in [2.45, 2.75) is 296 Å². The van der Waals surface area contributed by atoms with Crippen molar-refractivity contribution in [2.75, 3.05) is 0 Å². The van der Waals surface area contributed by atoms with Gasteiger partial charge in [0, 0.05) is 88.1 Å². The van der Waals surface area contributed by atoms with Crippen molar-refractivity contribution in [1.29, 1.82) is 0 Å². The van der Waals surface area contributed by atoms with Gasteiger partial charge in [-0.2, -0.15) is 57.0 Å². The van der Waals surface area contributed by atoms with Gasteiger partial charge in [0.1, 0.15) is 0 Å². The second kappa shape index (κ2) is 92.3. The molecule has 0 aliphatic carbocycles. The minimum absolute atomic E-state index is 0. The third-order valence-corrected chi connectivity index (χ3v) is 14.0. The second-order valence-corrected chi connectivity index (χ2v) is 40.9. The Kier molecular flexibility index (Phi) is 150. The number of hydrogen-bond acceptors (Lipinski definition) is 36. The van der Waals surface area contributed by atoms with Crippen LogP contribution in [-0.2, 0) is 485 Å². The van der Waals surface area contributed by atoms with Crippen molar-refractivity contribution >= 4 is 232 Å². The minimum atomic E-state index is -1.41. The zero-order valence-corrected chi connectivity index (χ0v) is 96.7. The van der Waals surface area contributed by atoms with Crippen molar-refractivity contribution in [1.82, 2.24) is 0 Å². The fourth-order valence-corrected chi connectivity index (χ4v) is 4.56. The van der Waals surface area contributed by atoms with Gasteiger partial charge in [-0.25, -0.2) is 0 Å². The number of aliphatic carboxylic acids is 12. The zero-order valence-electron chi connectivity index (χ0n) is 68.3. The van der Waals surface area contributed by atoms with E-state index in [4.69, 9.17) is 68.8 Å². The van der Waals surface area contributed by atoms with Crippen molar-refractivity contribution < 1.29 is 394 Å². The summed E-state index contributed by atoms with van der Waals surface area (Å²) in [4.78, 5) is 120. The van der Waals surface area contributed by atoms with Gasteiger partial charge in [-0.3, -0.25) is 0 Å². The Morgan fingerprint density at radius 2 is 0.211 bits per heavy atom. The normalized spacial score (nSPS) is 13.3. The number of carbonyl (C=O) groups excluding carboxylic acids is 12. The Morgan fingerprint density at radius 1 is 0.187 bits per heavy atom. The van der Waals surface area contributed by atoms with Crippen LogP contribution >= 0.6 is 9.19 Å². The number of carbonyl (C=O) groups is 12. The van der Waals surface area contributed by atoms with Gasteiger partial charge in [0.05, 0.1) is 0 Å². The van der Waals surface area contributed by atoms with Crippen LogP contribution in [0.15, 0.2) is 0 Å². The van der Waals surface area contributed by atoms with E-state index < -0.39 is 201 Å². The maximum absolute atomic E-state index is 9.98. The number of hydrogen-bond donors (Lipinski definition) is 0. The minimum Gasteiger partial charge on any atom is 0 e. The molecule has 784 valence electrons. The summed E-state index contributed by atoms with van der Waals surface area (Å²) < 4.78 is -11.2. The molecule has 0 saturated heterocycles. The van der Waals surface area contributed by atoms with E-state index in [2.05, 4.69) is 181 Å². The molecule has 36 nitrogen and oxygen atoms in total. The van der Waals surface area contributed by atoms with E-state index in [0.717, 1.165) is 0 Å². The molecule has 12 unspecified atom stereocenters. The van der Waals surface area contributed by atoms with Gasteiger partial charge >= 0.3 is 268 Å². The summed E-state index contributed by atoms with van der Waals surface area (Å²) in [6.45, 7) is 36.2. The predicted octanol–water partition coefficient (Wildman–Crippen LogP) is -5.55. The third kappa shape index (κ3) is 129. The predicted molar refractivity (Wildman–Crippen MR) is 421 cm³/mol. The van der Waals surface area contributed by atoms with E-state index in [1.807, 2.05) is 0 Å². The second-order valence-electron chi connectivity index (χ2n) is 28.3. The molecule has 0 aliphatic heterocycles. The molecule has 123 heavy (non-hydrogen) atoms. The standard InChI is InChI=1S/12C5H10NO2S.8Ag.ClH.6Ni/c12*1-5(2,9)3(6)4(7)8;;;;;;;;;;;;;;;/h12*3,6,9H,1-2H3,(H,7,8);;;;;;;;;1H;;;;;;/q12*-1;8*+1;;;3*+2;2*+3/p-25. The van der Waals surface area contributed by atoms with E-state index in [0.29, 0.717) is 0 Å². The molecule has 0 amide bonds. The first-order valence-electron chi connectivity index (χ1n) is 29.9. The van der Waals surface area contributed by atoms with Gasteiger partial charge in [-0.15, -0.1) is 72.5 Å². The van der Waals surface area contributed by atoms with Crippen LogP contribution < -0.4 is 61.3 Å². The SMILES string of the molecule is CC(C)([S-])C([NH-])C(=O)[O-].CC(C)([S-])C([NH-])C(=O)[O-].CC(C)([S-])C([NH-])C(=O)[O-].CC(C)([S-])C([NH-])C(=O)[O-].CC(C)([S-])C([NH-])C(=O)[O-].CC(C)([S-])C([NH-])C(=O)[O-].CC(C)([S-])C([NH-])C(=O)[O-].CC(C)([S-])C([NH-])C(=O)[O-].CC(C)([S-])C([NH-])C(=O)[O-].CC(C)([S-])C([NH-])C(=O)[O-].CC(C)([S-])C([NH-])C(=O)[O-].CC(C)([S-])C([NH-])C(=O)[O-].[Ag+].[Ag+].[Ag+].[Ag+].[Ag+].[Ag+].[Ag+].[Cl][Ag].[Ni+2].[Ni+2].[Ni+2].[Ni+3].[Ni+3].[Ni]. The van der Waals surface area contributed by atoms with Crippen LogP contribution in [0.25, 0.3) is 68.8 Å². The quantitative estimate of drug-likeness (QED) is 0.0642. The molecule has 0 saturated carbocycles. The van der Waals surface area contributed by atoms with Gasteiger partial charge in [0.15, 0.2) is 0 Å². The molecule has 0 bridgehead atoms. The summed E-state index contributed by atoms with van der Waals surface area (Å²) >= 11 is 58.5. The fraction of sp³-hybridized carbons (Fsp3) is 0.800. The van der Waals surface area contributed by atoms with Gasteiger partial charge < -0.3 is 339 Å². The van der Waals surface area contributed by atoms with Crippen LogP contribution in [0.2, 0.25) is 0 Å². The van der Waals surface area contributed by atoms with Gasteiger partial charge in [-0.1, -0.05) is 166 Å². The molecule has 0 rings (SSSR count). The fourth-order valence-electron chi connectivity index (χ4n) is 3.41. The molecule has 0 aromatic rings. The van der Waals surface area contributed by atoms with Crippen LogP contribution in [0.5, 0.6) is 0 Å². The van der Waals surface area contributed by atoms with Gasteiger partial charge in [-0.05, 0) is 0 Å². The smallest absolute Gasteiger partial charge is 0 e. The Bertz CT molecular complexity index is 2150. The third-order valence-electron chi connectivity index (χ3n) is 11.2. The van der Waals surface area contributed by atoms with Crippen LogP contribution in [0.3, 0.4) is 0 Å². The maximum Gasteiger partial charge on any atom is 3.00 e. The van der Waals surface area contributed by atoms with E-state index in [9.17, 15) is 119 Å². The molecular formula is C60H96Ag8ClN12Ni6O24S12-17. The van der Waals surface area contributed by atoms with Crippen LogP contribution in [0.4, 0.5) is 0 Å². The first kappa shape index (κ1) is 200. The first-order valence-corrected chi connectivity index (χ1v) is 36.7. The summed E-state index contributed by atoms with van der Waals surface area (Å²) in [6, 6.07) is -15.8. The van der Waals surface area contributed by atoms with Gasteiger partial charge in [0.25, 0.3) is 0 Å². The van der Waals surface area contributed by atoms with Crippen LogP contribution in [0.1, 0.15) is 166 Å². The number of rotatable bonds is 24. The largest absolute Gasteiger partial charge is 3.00 e. The number of carboxylic acid groups (broad SMARTS) is 12. The molecule has 0 heterocycles. The summed E-state index contributed by atoms with van der Waals surface area (Å²) in [5.74, 6) is -16.9. The molecule has 0 aromatic heterocycles. The zero-order chi connectivity index (χ0) is 93.9. The molecule has 63 heteroatoms. The van der Waals surface area contributed by atoms with Gasteiger partial charge in [0.2, 0.25) is 0 Å². The number of carboxylic acids is 12. The molecule has 0 aliphatic rings. The average molecular weight is 3000 g/mol. The molecule has 0 spiro atoms. The van der Waals surface area contributed by atoms with E-state index in [1.54, 1.807) is 0 Å².